The van der Waals surface area contributed by atoms with Crippen LogP contribution in [0, 0.1) is 5.82 Å². The predicted octanol–water partition coefficient (Wildman–Crippen LogP) is 3.93. The van der Waals surface area contributed by atoms with E-state index in [1.807, 2.05) is 0 Å². The van der Waals surface area contributed by atoms with E-state index in [-0.39, 0.29) is 17.6 Å². The molecule has 114 valence electrons. The van der Waals surface area contributed by atoms with Crippen LogP contribution in [0.5, 0.6) is 5.75 Å². The summed E-state index contributed by atoms with van der Waals surface area (Å²) in [6.45, 7) is 2.79. The highest BCUT2D eigenvalue weighted by Crippen LogP contribution is 2.22. The SMILES string of the molecule is CCCCCCCC(CN)Nc1ccc(F)c(OC)c1. The smallest absolute Gasteiger partial charge is 0.165 e. The van der Waals surface area contributed by atoms with Gasteiger partial charge < -0.3 is 15.8 Å². The van der Waals surface area contributed by atoms with E-state index in [1.165, 1.54) is 45.3 Å². The van der Waals surface area contributed by atoms with E-state index in [2.05, 4.69) is 12.2 Å². The second kappa shape index (κ2) is 9.59. The normalized spacial score (nSPS) is 12.2. The lowest BCUT2D eigenvalue weighted by Gasteiger charge is -2.18. The second-order valence-corrected chi connectivity index (χ2v) is 5.13. The van der Waals surface area contributed by atoms with Crippen molar-refractivity contribution in [3.05, 3.63) is 24.0 Å². The number of halogens is 1. The summed E-state index contributed by atoms with van der Waals surface area (Å²) < 4.78 is 18.3. The molecule has 0 fully saturated rings. The Balaban J connectivity index is 2.43. The van der Waals surface area contributed by atoms with Gasteiger partial charge in [-0.25, -0.2) is 4.39 Å². The maximum absolute atomic E-state index is 13.3. The number of anilines is 1. The van der Waals surface area contributed by atoms with Crippen LogP contribution >= 0.6 is 0 Å². The minimum Gasteiger partial charge on any atom is -0.494 e. The van der Waals surface area contributed by atoms with E-state index in [0.29, 0.717) is 6.54 Å². The van der Waals surface area contributed by atoms with Gasteiger partial charge in [-0.2, -0.15) is 0 Å². The third kappa shape index (κ3) is 5.78. The van der Waals surface area contributed by atoms with E-state index in [4.69, 9.17) is 10.5 Å². The molecule has 0 aromatic heterocycles. The van der Waals surface area contributed by atoms with Crippen LogP contribution in [0.1, 0.15) is 45.4 Å². The minimum atomic E-state index is -0.345. The molecule has 0 aliphatic rings. The van der Waals surface area contributed by atoms with Crippen molar-refractivity contribution in [3.8, 4) is 5.75 Å². The molecule has 20 heavy (non-hydrogen) atoms. The van der Waals surface area contributed by atoms with Crippen LogP contribution in [0.15, 0.2) is 18.2 Å². The van der Waals surface area contributed by atoms with E-state index in [0.717, 1.165) is 12.1 Å². The van der Waals surface area contributed by atoms with Crippen LogP contribution in [0.2, 0.25) is 0 Å². The summed E-state index contributed by atoms with van der Waals surface area (Å²) in [5, 5.41) is 3.35. The summed E-state index contributed by atoms with van der Waals surface area (Å²) in [6, 6.07) is 5.04. The van der Waals surface area contributed by atoms with Crippen LogP contribution in [-0.2, 0) is 0 Å². The fourth-order valence-electron chi connectivity index (χ4n) is 2.23. The molecule has 1 rings (SSSR count). The van der Waals surface area contributed by atoms with Gasteiger partial charge in [-0.3, -0.25) is 0 Å². The van der Waals surface area contributed by atoms with Crippen molar-refractivity contribution < 1.29 is 9.13 Å². The van der Waals surface area contributed by atoms with Gasteiger partial charge in [0.2, 0.25) is 0 Å². The molecule has 0 amide bonds. The molecule has 3 N–H and O–H groups in total. The monoisotopic (exact) mass is 282 g/mol. The zero-order chi connectivity index (χ0) is 14.8. The molecule has 1 aromatic carbocycles. The first-order valence-corrected chi connectivity index (χ1v) is 7.51. The minimum absolute atomic E-state index is 0.229. The van der Waals surface area contributed by atoms with Crippen molar-refractivity contribution in [3.63, 3.8) is 0 Å². The molecule has 0 heterocycles. The number of benzene rings is 1. The third-order valence-electron chi connectivity index (χ3n) is 3.46. The van der Waals surface area contributed by atoms with E-state index < -0.39 is 0 Å². The summed E-state index contributed by atoms with van der Waals surface area (Å²) in [5.41, 5.74) is 6.65. The zero-order valence-electron chi connectivity index (χ0n) is 12.6. The molecule has 3 nitrogen and oxygen atoms in total. The molecule has 1 aromatic rings. The fraction of sp³-hybridized carbons (Fsp3) is 0.625. The molecule has 0 spiro atoms. The molecule has 0 saturated heterocycles. The topological polar surface area (TPSA) is 47.3 Å². The first-order chi connectivity index (χ1) is 9.71. The Morgan fingerprint density at radius 2 is 2.00 bits per heavy atom. The van der Waals surface area contributed by atoms with Gasteiger partial charge in [0.15, 0.2) is 11.6 Å². The highest BCUT2D eigenvalue weighted by Gasteiger charge is 2.08. The highest BCUT2D eigenvalue weighted by atomic mass is 19.1. The van der Waals surface area contributed by atoms with Gasteiger partial charge in [0.1, 0.15) is 0 Å². The molecule has 1 unspecified atom stereocenters. The molecule has 0 aliphatic heterocycles. The third-order valence-corrected chi connectivity index (χ3v) is 3.46. The Kier molecular flexibility index (Phi) is 8.04. The van der Waals surface area contributed by atoms with Crippen LogP contribution in [0.25, 0.3) is 0 Å². The van der Waals surface area contributed by atoms with Gasteiger partial charge in [0.05, 0.1) is 7.11 Å². The first kappa shape index (κ1) is 16.8. The second-order valence-electron chi connectivity index (χ2n) is 5.13. The van der Waals surface area contributed by atoms with Crippen molar-refractivity contribution in [1.29, 1.82) is 0 Å². The lowest BCUT2D eigenvalue weighted by Crippen LogP contribution is -2.28. The predicted molar refractivity (Wildman–Crippen MR) is 82.8 cm³/mol. The number of hydrogen-bond donors (Lipinski definition) is 2. The molecule has 0 saturated carbocycles. The Labute approximate surface area is 121 Å². The Bertz CT molecular complexity index is 385. The zero-order valence-corrected chi connectivity index (χ0v) is 12.6. The van der Waals surface area contributed by atoms with Crippen molar-refractivity contribution in [2.45, 2.75) is 51.5 Å². The number of hydrogen-bond acceptors (Lipinski definition) is 3. The molecule has 0 radical (unpaired) electrons. The van der Waals surface area contributed by atoms with Crippen molar-refractivity contribution >= 4 is 5.69 Å². The standard InChI is InChI=1S/C16H27FN2O/c1-3-4-5-6-7-8-14(12-18)19-13-9-10-15(17)16(11-13)20-2/h9-11,14,19H,3-8,12,18H2,1-2H3. The summed E-state index contributed by atoms with van der Waals surface area (Å²) in [6.07, 6.45) is 7.31. The van der Waals surface area contributed by atoms with Gasteiger partial charge in [-0.05, 0) is 18.6 Å². The summed E-state index contributed by atoms with van der Waals surface area (Å²) >= 11 is 0. The van der Waals surface area contributed by atoms with Gasteiger partial charge in [-0.15, -0.1) is 0 Å². The maximum atomic E-state index is 13.3. The van der Waals surface area contributed by atoms with E-state index in [9.17, 15) is 4.39 Å². The summed E-state index contributed by atoms with van der Waals surface area (Å²) in [7, 11) is 1.47. The molecular formula is C16H27FN2O. The van der Waals surface area contributed by atoms with Crippen LogP contribution < -0.4 is 15.8 Å². The molecule has 0 aliphatic carbocycles. The Hall–Kier alpha value is -1.29. The number of nitrogens with one attached hydrogen (secondary N) is 1. The Morgan fingerprint density at radius 3 is 2.65 bits per heavy atom. The molecular weight excluding hydrogens is 255 g/mol. The number of nitrogens with two attached hydrogens (primary N) is 1. The lowest BCUT2D eigenvalue weighted by atomic mass is 10.1. The number of methoxy groups -OCH3 is 1. The first-order valence-electron chi connectivity index (χ1n) is 7.51. The number of unbranched alkanes of at least 4 members (excludes halogenated alkanes) is 4. The van der Waals surface area contributed by atoms with Crippen LogP contribution in [-0.4, -0.2) is 19.7 Å². The number of rotatable bonds is 10. The lowest BCUT2D eigenvalue weighted by molar-refractivity contribution is 0.386. The molecule has 0 bridgehead atoms. The van der Waals surface area contributed by atoms with Crippen molar-refractivity contribution in [2.75, 3.05) is 19.0 Å². The van der Waals surface area contributed by atoms with Gasteiger partial charge in [0.25, 0.3) is 0 Å². The van der Waals surface area contributed by atoms with E-state index >= 15 is 0 Å². The maximum Gasteiger partial charge on any atom is 0.165 e. The summed E-state index contributed by atoms with van der Waals surface area (Å²) in [5.74, 6) is -0.0874. The fourth-order valence-corrected chi connectivity index (χ4v) is 2.23. The van der Waals surface area contributed by atoms with Crippen LogP contribution in [0.4, 0.5) is 10.1 Å². The number of ether oxygens (including phenoxy) is 1. The van der Waals surface area contributed by atoms with Crippen molar-refractivity contribution in [2.24, 2.45) is 5.73 Å². The average molecular weight is 282 g/mol. The van der Waals surface area contributed by atoms with Gasteiger partial charge in [-0.1, -0.05) is 39.0 Å². The Morgan fingerprint density at radius 1 is 1.25 bits per heavy atom. The molecule has 1 atom stereocenters. The quantitative estimate of drug-likeness (QED) is 0.639. The average Bonchev–Trinajstić information content (AvgIpc) is 2.47. The van der Waals surface area contributed by atoms with E-state index in [1.54, 1.807) is 12.1 Å². The molecule has 4 heteroatoms. The van der Waals surface area contributed by atoms with Crippen LogP contribution in [0.3, 0.4) is 0 Å². The largest absolute Gasteiger partial charge is 0.494 e. The van der Waals surface area contributed by atoms with Gasteiger partial charge >= 0.3 is 0 Å². The van der Waals surface area contributed by atoms with Crippen molar-refractivity contribution in [1.82, 2.24) is 0 Å². The summed E-state index contributed by atoms with van der Waals surface area (Å²) in [4.78, 5) is 0. The highest BCUT2D eigenvalue weighted by molar-refractivity contribution is 5.49. The van der Waals surface area contributed by atoms with Gasteiger partial charge in [0, 0.05) is 24.3 Å².